The van der Waals surface area contributed by atoms with Crippen LogP contribution in [0.15, 0.2) is 18.2 Å². The highest BCUT2D eigenvalue weighted by Gasteiger charge is 2.21. The van der Waals surface area contributed by atoms with Crippen LogP contribution >= 0.6 is 23.2 Å². The second-order valence-electron chi connectivity index (χ2n) is 5.63. The molecule has 1 aromatic carbocycles. The number of rotatable bonds is 5. The third kappa shape index (κ3) is 3.88. The van der Waals surface area contributed by atoms with E-state index < -0.39 is 0 Å². The van der Waals surface area contributed by atoms with E-state index in [2.05, 4.69) is 11.8 Å². The minimum atomic E-state index is -0.0411. The molecule has 2 atom stereocenters. The van der Waals surface area contributed by atoms with Crippen molar-refractivity contribution in [2.45, 2.75) is 51.1 Å². The molecule has 20 heavy (non-hydrogen) atoms. The van der Waals surface area contributed by atoms with Crippen LogP contribution in [0.1, 0.15) is 50.6 Å². The molecule has 0 saturated carbocycles. The van der Waals surface area contributed by atoms with E-state index in [0.717, 1.165) is 24.6 Å². The van der Waals surface area contributed by atoms with E-state index in [4.69, 9.17) is 28.9 Å². The lowest BCUT2D eigenvalue weighted by atomic mass is 9.98. The Kier molecular flexibility index (Phi) is 6.16. The highest BCUT2D eigenvalue weighted by Crippen LogP contribution is 2.30. The average molecular weight is 315 g/mol. The summed E-state index contributed by atoms with van der Waals surface area (Å²) >= 11 is 12.3. The van der Waals surface area contributed by atoms with Gasteiger partial charge in [-0.2, -0.15) is 0 Å². The van der Waals surface area contributed by atoms with Crippen LogP contribution in [0.4, 0.5) is 0 Å². The van der Waals surface area contributed by atoms with Crippen LogP contribution in [0.3, 0.4) is 0 Å². The largest absolute Gasteiger partial charge is 0.324 e. The highest BCUT2D eigenvalue weighted by atomic mass is 35.5. The maximum Gasteiger partial charge on any atom is 0.0640 e. The van der Waals surface area contributed by atoms with E-state index in [9.17, 15) is 0 Å². The molecular weight excluding hydrogens is 291 g/mol. The van der Waals surface area contributed by atoms with Gasteiger partial charge >= 0.3 is 0 Å². The second-order valence-corrected chi connectivity index (χ2v) is 6.42. The first-order chi connectivity index (χ1) is 9.63. The van der Waals surface area contributed by atoms with Crippen molar-refractivity contribution in [3.05, 3.63) is 33.8 Å². The fourth-order valence-corrected chi connectivity index (χ4v) is 3.53. The summed E-state index contributed by atoms with van der Waals surface area (Å²) < 4.78 is 0. The van der Waals surface area contributed by atoms with Crippen molar-refractivity contribution in [1.29, 1.82) is 0 Å². The first-order valence-electron chi connectivity index (χ1n) is 7.57. The monoisotopic (exact) mass is 314 g/mol. The summed E-state index contributed by atoms with van der Waals surface area (Å²) in [6.07, 6.45) is 6.15. The van der Waals surface area contributed by atoms with E-state index >= 15 is 0 Å². The smallest absolute Gasteiger partial charge is 0.0640 e. The van der Waals surface area contributed by atoms with E-state index in [-0.39, 0.29) is 6.04 Å². The van der Waals surface area contributed by atoms with Gasteiger partial charge in [-0.3, -0.25) is 0 Å². The molecule has 2 nitrogen and oxygen atoms in total. The van der Waals surface area contributed by atoms with Gasteiger partial charge in [0.1, 0.15) is 0 Å². The SMILES string of the molecule is CCC1CCCCN1CCC(N)c1cccc(Cl)c1Cl. The molecule has 1 aliphatic heterocycles. The molecule has 2 N–H and O–H groups in total. The molecule has 0 spiro atoms. The van der Waals surface area contributed by atoms with Crippen LogP contribution in [0.25, 0.3) is 0 Å². The van der Waals surface area contributed by atoms with Gasteiger partial charge in [-0.15, -0.1) is 0 Å². The van der Waals surface area contributed by atoms with Gasteiger partial charge in [0.05, 0.1) is 10.0 Å². The number of nitrogens with zero attached hydrogens (tertiary/aromatic N) is 1. The summed E-state index contributed by atoms with van der Waals surface area (Å²) in [4.78, 5) is 2.59. The Morgan fingerprint density at radius 1 is 1.35 bits per heavy atom. The van der Waals surface area contributed by atoms with Gasteiger partial charge in [0, 0.05) is 18.6 Å². The van der Waals surface area contributed by atoms with Crippen molar-refractivity contribution in [1.82, 2.24) is 4.90 Å². The maximum atomic E-state index is 6.30. The number of hydrogen-bond donors (Lipinski definition) is 1. The van der Waals surface area contributed by atoms with Crippen molar-refractivity contribution in [2.24, 2.45) is 5.73 Å². The summed E-state index contributed by atoms with van der Waals surface area (Å²) in [7, 11) is 0. The molecule has 1 heterocycles. The van der Waals surface area contributed by atoms with Gasteiger partial charge in [-0.25, -0.2) is 0 Å². The molecule has 1 aliphatic rings. The Hall–Kier alpha value is -0.280. The minimum absolute atomic E-state index is 0.0411. The molecule has 0 radical (unpaired) electrons. The Bertz CT molecular complexity index is 436. The maximum absolute atomic E-state index is 6.30. The first kappa shape index (κ1) is 16.1. The lowest BCUT2D eigenvalue weighted by molar-refractivity contribution is 0.139. The van der Waals surface area contributed by atoms with E-state index in [1.807, 2.05) is 12.1 Å². The Balaban J connectivity index is 1.94. The summed E-state index contributed by atoms with van der Waals surface area (Å²) in [5.41, 5.74) is 7.26. The fourth-order valence-electron chi connectivity index (χ4n) is 3.08. The topological polar surface area (TPSA) is 29.3 Å². The van der Waals surface area contributed by atoms with Crippen LogP contribution in [0.5, 0.6) is 0 Å². The third-order valence-corrected chi connectivity index (χ3v) is 5.16. The molecule has 0 amide bonds. The number of halogens is 2. The molecule has 1 aromatic rings. The molecule has 2 rings (SSSR count). The van der Waals surface area contributed by atoms with Gasteiger partial charge in [-0.1, -0.05) is 48.7 Å². The van der Waals surface area contributed by atoms with Crippen LogP contribution in [-0.2, 0) is 0 Å². The molecule has 0 aromatic heterocycles. The van der Waals surface area contributed by atoms with E-state index in [1.54, 1.807) is 6.07 Å². The number of piperidine rings is 1. The van der Waals surface area contributed by atoms with Gasteiger partial charge in [-0.05, 0) is 43.9 Å². The quantitative estimate of drug-likeness (QED) is 0.857. The van der Waals surface area contributed by atoms with Crippen molar-refractivity contribution in [3.8, 4) is 0 Å². The molecule has 0 aliphatic carbocycles. The average Bonchev–Trinajstić information content (AvgIpc) is 2.48. The standard InChI is InChI=1S/C16H24Cl2N2/c1-2-12-6-3-4-10-20(12)11-9-15(19)13-7-5-8-14(17)16(13)18/h5,7-8,12,15H,2-4,6,9-11,19H2,1H3. The van der Waals surface area contributed by atoms with Gasteiger partial charge in [0.2, 0.25) is 0 Å². The molecule has 1 fully saturated rings. The Labute approximate surface area is 132 Å². The first-order valence-corrected chi connectivity index (χ1v) is 8.32. The fraction of sp³-hybridized carbons (Fsp3) is 0.625. The summed E-state index contributed by atoms with van der Waals surface area (Å²) in [6.45, 7) is 4.52. The minimum Gasteiger partial charge on any atom is -0.324 e. The van der Waals surface area contributed by atoms with E-state index in [0.29, 0.717) is 10.0 Å². The van der Waals surface area contributed by atoms with Crippen molar-refractivity contribution >= 4 is 23.2 Å². The predicted octanol–water partition coefficient (Wildman–Crippen LogP) is 4.65. The molecule has 2 unspecified atom stereocenters. The van der Waals surface area contributed by atoms with Crippen molar-refractivity contribution in [3.63, 3.8) is 0 Å². The third-order valence-electron chi connectivity index (χ3n) is 4.33. The number of likely N-dealkylation sites (tertiary alicyclic amines) is 1. The lowest BCUT2D eigenvalue weighted by Crippen LogP contribution is -2.40. The normalized spacial score (nSPS) is 21.9. The van der Waals surface area contributed by atoms with Crippen LogP contribution in [0.2, 0.25) is 10.0 Å². The zero-order chi connectivity index (χ0) is 14.5. The van der Waals surface area contributed by atoms with Crippen LogP contribution in [-0.4, -0.2) is 24.0 Å². The Morgan fingerprint density at radius 2 is 2.15 bits per heavy atom. The molecular formula is C16H24Cl2N2. The lowest BCUT2D eigenvalue weighted by Gasteiger charge is -2.35. The van der Waals surface area contributed by atoms with Crippen LogP contribution < -0.4 is 5.73 Å². The van der Waals surface area contributed by atoms with Gasteiger partial charge in [0.25, 0.3) is 0 Å². The molecule has 1 saturated heterocycles. The number of nitrogens with two attached hydrogens (primary N) is 1. The van der Waals surface area contributed by atoms with Crippen molar-refractivity contribution < 1.29 is 0 Å². The zero-order valence-electron chi connectivity index (χ0n) is 12.1. The summed E-state index contributed by atoms with van der Waals surface area (Å²) in [5, 5.41) is 1.19. The second kappa shape index (κ2) is 7.65. The van der Waals surface area contributed by atoms with E-state index in [1.165, 1.54) is 32.2 Å². The zero-order valence-corrected chi connectivity index (χ0v) is 13.6. The van der Waals surface area contributed by atoms with Crippen LogP contribution in [0, 0.1) is 0 Å². The number of benzene rings is 1. The van der Waals surface area contributed by atoms with Gasteiger partial charge in [0.15, 0.2) is 0 Å². The van der Waals surface area contributed by atoms with Crippen molar-refractivity contribution in [2.75, 3.05) is 13.1 Å². The Morgan fingerprint density at radius 3 is 2.90 bits per heavy atom. The van der Waals surface area contributed by atoms with Gasteiger partial charge < -0.3 is 10.6 Å². The molecule has 0 bridgehead atoms. The predicted molar refractivity (Wildman–Crippen MR) is 87.5 cm³/mol. The summed E-state index contributed by atoms with van der Waals surface area (Å²) in [6, 6.07) is 6.38. The number of hydrogen-bond acceptors (Lipinski definition) is 2. The summed E-state index contributed by atoms with van der Waals surface area (Å²) in [5.74, 6) is 0. The highest BCUT2D eigenvalue weighted by molar-refractivity contribution is 6.42. The molecule has 4 heteroatoms. The molecule has 112 valence electrons.